The molecule has 8 heteroatoms. The number of carbonyl (C=O) groups is 1. The van der Waals surface area contributed by atoms with Crippen molar-refractivity contribution in [3.8, 4) is 11.4 Å². The van der Waals surface area contributed by atoms with E-state index in [1.165, 1.54) is 0 Å². The second kappa shape index (κ2) is 8.50. The van der Waals surface area contributed by atoms with Crippen LogP contribution in [0, 0.1) is 0 Å². The first-order chi connectivity index (χ1) is 10.7. The summed E-state index contributed by atoms with van der Waals surface area (Å²) in [5, 5.41) is 17.7. The Morgan fingerprint density at radius 2 is 2.05 bits per heavy atom. The molecule has 7 nitrogen and oxygen atoms in total. The number of amides is 1. The average molecular weight is 321 g/mol. The lowest BCUT2D eigenvalue weighted by Gasteiger charge is -2.04. The quantitative estimate of drug-likeness (QED) is 0.334. The van der Waals surface area contributed by atoms with Crippen molar-refractivity contribution in [3.05, 3.63) is 24.5 Å². The van der Waals surface area contributed by atoms with E-state index in [2.05, 4.69) is 15.2 Å². The molecule has 0 aliphatic carbocycles. The highest BCUT2D eigenvalue weighted by Crippen LogP contribution is 2.22. The first-order valence-corrected chi connectivity index (χ1v) is 8.06. The predicted molar refractivity (Wildman–Crippen MR) is 83.4 cm³/mol. The Bertz CT molecular complexity index is 603. The summed E-state index contributed by atoms with van der Waals surface area (Å²) in [6, 6.07) is 3.81. The molecule has 0 radical (unpaired) electrons. The molecule has 2 rings (SSSR count). The van der Waals surface area contributed by atoms with Crippen LogP contribution in [0.2, 0.25) is 0 Å². The molecule has 22 heavy (non-hydrogen) atoms. The average Bonchev–Trinajstić information content (AvgIpc) is 2.92. The molecule has 0 aliphatic rings. The molecule has 1 amide bonds. The van der Waals surface area contributed by atoms with Gasteiger partial charge in [-0.05, 0) is 25.0 Å². The minimum absolute atomic E-state index is 0.331. The number of rotatable bonds is 8. The zero-order chi connectivity index (χ0) is 15.8. The number of thioether (sulfide) groups is 1. The van der Waals surface area contributed by atoms with Crippen LogP contribution in [0.25, 0.3) is 11.4 Å². The van der Waals surface area contributed by atoms with E-state index in [0.717, 1.165) is 41.6 Å². The van der Waals surface area contributed by atoms with Crippen LogP contribution in [0.3, 0.4) is 0 Å². The standard InChI is InChI=1S/C14H19N5O2S/c1-19-13(11-6-8-15-9-7-11)16-17-14(19)22-10-4-2-3-5-12(20)18-21/h6-9,21H,2-5,10H2,1H3,(H,18,20). The fraction of sp³-hybridized carbons (Fsp3) is 0.429. The van der Waals surface area contributed by atoms with Gasteiger partial charge in [-0.2, -0.15) is 0 Å². The molecule has 0 bridgehead atoms. The summed E-state index contributed by atoms with van der Waals surface area (Å²) in [7, 11) is 1.95. The molecule has 0 saturated carbocycles. The van der Waals surface area contributed by atoms with E-state index in [1.807, 2.05) is 23.7 Å². The molecule has 118 valence electrons. The van der Waals surface area contributed by atoms with E-state index < -0.39 is 0 Å². The van der Waals surface area contributed by atoms with E-state index in [1.54, 1.807) is 29.6 Å². The van der Waals surface area contributed by atoms with Crippen molar-refractivity contribution in [1.29, 1.82) is 0 Å². The maximum absolute atomic E-state index is 10.9. The molecule has 0 atom stereocenters. The van der Waals surface area contributed by atoms with E-state index in [-0.39, 0.29) is 5.91 Å². The van der Waals surface area contributed by atoms with Crippen LogP contribution in [-0.2, 0) is 11.8 Å². The van der Waals surface area contributed by atoms with Crippen molar-refractivity contribution in [3.63, 3.8) is 0 Å². The molecular formula is C14H19N5O2S. The molecule has 0 spiro atoms. The number of carbonyl (C=O) groups excluding carboxylic acids is 1. The lowest BCUT2D eigenvalue weighted by atomic mass is 10.2. The monoisotopic (exact) mass is 321 g/mol. The zero-order valence-corrected chi connectivity index (χ0v) is 13.2. The minimum Gasteiger partial charge on any atom is -0.305 e. The molecule has 2 aromatic heterocycles. The van der Waals surface area contributed by atoms with Crippen LogP contribution >= 0.6 is 11.8 Å². The van der Waals surface area contributed by atoms with Gasteiger partial charge >= 0.3 is 0 Å². The van der Waals surface area contributed by atoms with Crippen LogP contribution in [0.15, 0.2) is 29.7 Å². The van der Waals surface area contributed by atoms with E-state index in [0.29, 0.717) is 6.42 Å². The van der Waals surface area contributed by atoms with Gasteiger partial charge in [0, 0.05) is 37.2 Å². The van der Waals surface area contributed by atoms with Gasteiger partial charge in [-0.15, -0.1) is 10.2 Å². The molecule has 0 aliphatic heterocycles. The Labute approximate surface area is 133 Å². The molecule has 0 fully saturated rings. The van der Waals surface area contributed by atoms with Gasteiger partial charge in [0.1, 0.15) is 0 Å². The van der Waals surface area contributed by atoms with Crippen LogP contribution in [0.5, 0.6) is 0 Å². The van der Waals surface area contributed by atoms with Gasteiger partial charge in [0.2, 0.25) is 5.91 Å². The number of pyridine rings is 1. The van der Waals surface area contributed by atoms with Crippen molar-refractivity contribution >= 4 is 17.7 Å². The van der Waals surface area contributed by atoms with Crippen molar-refractivity contribution in [2.75, 3.05) is 5.75 Å². The Morgan fingerprint density at radius 1 is 1.27 bits per heavy atom. The highest BCUT2D eigenvalue weighted by Gasteiger charge is 2.10. The number of nitrogens with zero attached hydrogens (tertiary/aromatic N) is 4. The largest absolute Gasteiger partial charge is 0.305 e. The maximum atomic E-state index is 10.9. The summed E-state index contributed by atoms with van der Waals surface area (Å²) in [5.74, 6) is 1.41. The van der Waals surface area contributed by atoms with Crippen LogP contribution < -0.4 is 5.48 Å². The van der Waals surface area contributed by atoms with Crippen molar-refractivity contribution in [2.24, 2.45) is 7.05 Å². The molecule has 2 N–H and O–H groups in total. The number of aromatic nitrogens is 4. The van der Waals surface area contributed by atoms with Gasteiger partial charge in [-0.25, -0.2) is 5.48 Å². The fourth-order valence-electron chi connectivity index (χ4n) is 1.98. The summed E-state index contributed by atoms with van der Waals surface area (Å²) < 4.78 is 1.97. The number of hydrogen-bond donors (Lipinski definition) is 2. The number of hydroxylamine groups is 1. The van der Waals surface area contributed by atoms with Crippen molar-refractivity contribution in [2.45, 2.75) is 30.8 Å². The second-order valence-electron chi connectivity index (χ2n) is 4.80. The fourth-order valence-corrected chi connectivity index (χ4v) is 2.89. The third-order valence-corrected chi connectivity index (χ3v) is 4.28. The van der Waals surface area contributed by atoms with E-state index in [4.69, 9.17) is 5.21 Å². The SMILES string of the molecule is Cn1c(SCCCCCC(=O)NO)nnc1-c1ccncc1. The Balaban J connectivity index is 1.78. The summed E-state index contributed by atoms with van der Waals surface area (Å²) >= 11 is 1.65. The molecule has 0 aromatic carbocycles. The first kappa shape index (κ1) is 16.4. The summed E-state index contributed by atoms with van der Waals surface area (Å²) in [4.78, 5) is 14.9. The molecule has 2 heterocycles. The van der Waals surface area contributed by atoms with Gasteiger partial charge in [0.05, 0.1) is 0 Å². The van der Waals surface area contributed by atoms with Crippen LogP contribution in [-0.4, -0.2) is 36.6 Å². The van der Waals surface area contributed by atoms with Crippen LogP contribution in [0.4, 0.5) is 0 Å². The highest BCUT2D eigenvalue weighted by atomic mass is 32.2. The lowest BCUT2D eigenvalue weighted by molar-refractivity contribution is -0.129. The van der Waals surface area contributed by atoms with Crippen molar-refractivity contribution in [1.82, 2.24) is 25.2 Å². The molecular weight excluding hydrogens is 302 g/mol. The molecule has 0 unspecified atom stereocenters. The zero-order valence-electron chi connectivity index (χ0n) is 12.4. The highest BCUT2D eigenvalue weighted by molar-refractivity contribution is 7.99. The van der Waals surface area contributed by atoms with Gasteiger partial charge < -0.3 is 4.57 Å². The molecule has 2 aromatic rings. The Kier molecular flexibility index (Phi) is 6.35. The van der Waals surface area contributed by atoms with Gasteiger partial charge in [-0.1, -0.05) is 18.2 Å². The van der Waals surface area contributed by atoms with Crippen molar-refractivity contribution < 1.29 is 10.0 Å². The topological polar surface area (TPSA) is 92.9 Å². The smallest absolute Gasteiger partial charge is 0.243 e. The maximum Gasteiger partial charge on any atom is 0.243 e. The Morgan fingerprint density at radius 3 is 2.77 bits per heavy atom. The number of unbranched alkanes of at least 4 members (excludes halogenated alkanes) is 2. The second-order valence-corrected chi connectivity index (χ2v) is 5.86. The number of hydrogen-bond acceptors (Lipinski definition) is 6. The first-order valence-electron chi connectivity index (χ1n) is 7.08. The van der Waals surface area contributed by atoms with Gasteiger partial charge in [0.25, 0.3) is 0 Å². The Hall–Kier alpha value is -1.93. The third kappa shape index (κ3) is 4.54. The van der Waals surface area contributed by atoms with Gasteiger partial charge in [0.15, 0.2) is 11.0 Å². The summed E-state index contributed by atoms with van der Waals surface area (Å²) in [6.45, 7) is 0. The van der Waals surface area contributed by atoms with E-state index >= 15 is 0 Å². The summed E-state index contributed by atoms with van der Waals surface area (Å²) in [6.07, 6.45) is 6.53. The van der Waals surface area contributed by atoms with Crippen LogP contribution in [0.1, 0.15) is 25.7 Å². The lowest BCUT2D eigenvalue weighted by Crippen LogP contribution is -2.17. The normalized spacial score (nSPS) is 10.6. The molecule has 0 saturated heterocycles. The number of nitrogens with one attached hydrogen (secondary N) is 1. The van der Waals surface area contributed by atoms with Gasteiger partial charge in [-0.3, -0.25) is 15.0 Å². The predicted octanol–water partition coefficient (Wildman–Crippen LogP) is 2.04. The summed E-state index contributed by atoms with van der Waals surface area (Å²) in [5.41, 5.74) is 2.63. The van der Waals surface area contributed by atoms with E-state index in [9.17, 15) is 4.79 Å². The minimum atomic E-state index is -0.331. The third-order valence-electron chi connectivity index (χ3n) is 3.18.